The zero-order valence-corrected chi connectivity index (χ0v) is 18.8. The molecule has 1 N–H and O–H groups in total. The highest BCUT2D eigenvalue weighted by Crippen LogP contribution is 2.39. The molecule has 28 heavy (non-hydrogen) atoms. The third-order valence-electron chi connectivity index (χ3n) is 4.15. The average molecular weight is 446 g/mol. The summed E-state index contributed by atoms with van der Waals surface area (Å²) in [6.07, 6.45) is -2.66. The Morgan fingerprint density at radius 2 is 1.25 bits per heavy atom. The van der Waals surface area contributed by atoms with E-state index in [0.29, 0.717) is 56.8 Å². The lowest BCUT2D eigenvalue weighted by molar-refractivity contribution is -0.206. The lowest BCUT2D eigenvalue weighted by atomic mass is 10.2. The van der Waals surface area contributed by atoms with E-state index in [0.717, 1.165) is 0 Å². The Hall–Kier alpha value is -0.830. The van der Waals surface area contributed by atoms with Gasteiger partial charge in [0.05, 0.1) is 0 Å². The Bertz CT molecular complexity index is 496. The minimum absolute atomic E-state index is 0.405. The van der Waals surface area contributed by atoms with E-state index in [1.165, 1.54) is 0 Å². The van der Waals surface area contributed by atoms with Crippen LogP contribution < -0.4 is 0 Å². The van der Waals surface area contributed by atoms with Crippen molar-refractivity contribution in [2.75, 3.05) is 32.7 Å². The molecule has 6 nitrogen and oxygen atoms in total. The summed E-state index contributed by atoms with van der Waals surface area (Å²) in [5.74, 6) is -3.67. The van der Waals surface area contributed by atoms with Gasteiger partial charge in [0.25, 0.3) is 0 Å². The fourth-order valence-corrected chi connectivity index (χ4v) is 5.37. The molecule has 11 heteroatoms. The zero-order valence-electron chi connectivity index (χ0n) is 17.0. The number of hydrogen-bond donors (Lipinski definition) is 1. The van der Waals surface area contributed by atoms with Crippen LogP contribution in [0.3, 0.4) is 0 Å². The van der Waals surface area contributed by atoms with Gasteiger partial charge in [-0.25, -0.2) is 9.80 Å². The molecule has 0 bridgehead atoms. The molecular formula is C17H32F3N3O3PS+. The number of carbonyl (C=O) groups excluding carboxylic acids is 1. The number of carboxylic acids is 1. The minimum Gasteiger partial charge on any atom is -0.480 e. The van der Waals surface area contributed by atoms with Crippen LogP contribution in [0, 0.1) is 0 Å². The first-order valence-corrected chi connectivity index (χ1v) is 11.7. The fourth-order valence-electron chi connectivity index (χ4n) is 3.26. The molecule has 1 atom stereocenters. The Morgan fingerprint density at radius 1 is 0.893 bits per heavy atom. The smallest absolute Gasteiger partial charge is 0.471 e. The molecule has 0 aliphatic rings. The quantitative estimate of drug-likeness (QED) is 0.326. The van der Waals surface area contributed by atoms with Crippen LogP contribution in [0.5, 0.6) is 0 Å². The Kier molecular flexibility index (Phi) is 12.3. The van der Waals surface area contributed by atoms with Gasteiger partial charge in [0, 0.05) is 26.2 Å². The molecule has 0 aliphatic heterocycles. The first-order chi connectivity index (χ1) is 13.1. The molecular weight excluding hydrogens is 414 g/mol. The number of carboxylic acid groups (broad SMARTS) is 1. The molecule has 0 rings (SSSR count). The lowest BCUT2D eigenvalue weighted by Crippen LogP contribution is -2.70. The van der Waals surface area contributed by atoms with Crippen molar-refractivity contribution in [2.45, 2.75) is 65.1 Å². The maximum Gasteiger partial charge on any atom is 0.471 e. The highest BCUT2D eigenvalue weighted by molar-refractivity contribution is 7.97. The van der Waals surface area contributed by atoms with E-state index >= 15 is 0 Å². The Balaban J connectivity index is 6.77. The molecule has 1 unspecified atom stereocenters. The summed E-state index contributed by atoms with van der Waals surface area (Å²) in [5, 5.41) is 9.31. The summed E-state index contributed by atoms with van der Waals surface area (Å²) in [4.78, 5) is 27.8. The SMILES string of the molecule is CCCN(CCC)C([PH+]=S)(N(CCC)CCC)N(CC(=O)O)C(=O)C(F)(F)F. The predicted molar refractivity (Wildman–Crippen MR) is 108 cm³/mol. The molecule has 0 spiro atoms. The molecule has 0 fully saturated rings. The van der Waals surface area contributed by atoms with Crippen molar-refractivity contribution in [2.24, 2.45) is 0 Å². The minimum atomic E-state index is -5.19. The molecule has 0 aromatic heterocycles. The summed E-state index contributed by atoms with van der Waals surface area (Å²) >= 11 is 5.36. The van der Waals surface area contributed by atoms with Crippen LogP contribution in [-0.4, -0.2) is 76.1 Å². The second kappa shape index (κ2) is 12.7. The standard InChI is InChI=1S/C17H31F3N3O3PS/c1-5-9-21(10-6-2)17(27-28,22(11-7-3)12-8-4)23(13-14(24)25)15(26)16(18,19)20/h5-13H2,1-4H3,(H,24,25)/p+1. The van der Waals surface area contributed by atoms with Crippen LogP contribution in [0.1, 0.15) is 53.4 Å². The van der Waals surface area contributed by atoms with Gasteiger partial charge in [0.1, 0.15) is 6.54 Å². The van der Waals surface area contributed by atoms with E-state index in [4.69, 9.17) is 11.8 Å². The topological polar surface area (TPSA) is 64.1 Å². The molecule has 164 valence electrons. The van der Waals surface area contributed by atoms with Gasteiger partial charge >= 0.3 is 23.6 Å². The Labute approximate surface area is 171 Å². The Morgan fingerprint density at radius 3 is 1.46 bits per heavy atom. The predicted octanol–water partition coefficient (Wildman–Crippen LogP) is 3.46. The summed E-state index contributed by atoms with van der Waals surface area (Å²) in [6, 6.07) is 0. The van der Waals surface area contributed by atoms with E-state index in [-0.39, 0.29) is 0 Å². The fraction of sp³-hybridized carbons (Fsp3) is 0.882. The number of alkyl halides is 3. The van der Waals surface area contributed by atoms with E-state index in [1.807, 2.05) is 27.7 Å². The number of carbonyl (C=O) groups is 2. The van der Waals surface area contributed by atoms with Gasteiger partial charge in [0.15, 0.2) is 11.8 Å². The van der Waals surface area contributed by atoms with Crippen molar-refractivity contribution in [1.29, 1.82) is 0 Å². The molecule has 0 radical (unpaired) electrons. The largest absolute Gasteiger partial charge is 0.480 e. The molecule has 0 aromatic carbocycles. The summed E-state index contributed by atoms with van der Waals surface area (Å²) in [5.41, 5.74) is -1.60. The summed E-state index contributed by atoms with van der Waals surface area (Å²) in [6.45, 7) is 8.11. The number of rotatable bonds is 14. The van der Waals surface area contributed by atoms with Crippen LogP contribution in [0.15, 0.2) is 0 Å². The van der Waals surface area contributed by atoms with E-state index in [1.54, 1.807) is 9.80 Å². The van der Waals surface area contributed by atoms with Crippen molar-refractivity contribution in [3.05, 3.63) is 0 Å². The summed E-state index contributed by atoms with van der Waals surface area (Å²) < 4.78 is 40.3. The third-order valence-corrected chi connectivity index (χ3v) is 6.15. The number of halogens is 3. The first-order valence-electron chi connectivity index (χ1n) is 9.56. The molecule has 0 saturated heterocycles. The van der Waals surface area contributed by atoms with Crippen LogP contribution in [0.4, 0.5) is 13.2 Å². The van der Waals surface area contributed by atoms with Gasteiger partial charge < -0.3 is 5.11 Å². The second-order valence-electron chi connectivity index (χ2n) is 6.49. The van der Waals surface area contributed by atoms with Crippen LogP contribution in [0.25, 0.3) is 0 Å². The van der Waals surface area contributed by atoms with Crippen LogP contribution in [0.2, 0.25) is 0 Å². The van der Waals surface area contributed by atoms with Gasteiger partial charge in [-0.1, -0.05) is 27.7 Å². The van der Waals surface area contributed by atoms with E-state index < -0.39 is 37.5 Å². The van der Waals surface area contributed by atoms with Gasteiger partial charge in [-0.2, -0.15) is 13.2 Å². The van der Waals surface area contributed by atoms with Crippen molar-refractivity contribution < 1.29 is 27.9 Å². The number of hydrogen-bond acceptors (Lipinski definition) is 5. The molecule has 0 aliphatic carbocycles. The van der Waals surface area contributed by atoms with E-state index in [2.05, 4.69) is 0 Å². The zero-order chi connectivity index (χ0) is 22.0. The van der Waals surface area contributed by atoms with Crippen molar-refractivity contribution in [1.82, 2.24) is 14.7 Å². The average Bonchev–Trinajstić information content (AvgIpc) is 2.60. The number of nitrogens with zero attached hydrogens (tertiary/aromatic N) is 3. The maximum atomic E-state index is 13.4. The molecule has 1 amide bonds. The second-order valence-corrected chi connectivity index (χ2v) is 7.98. The molecule has 0 heterocycles. The molecule has 0 aromatic rings. The number of amides is 1. The van der Waals surface area contributed by atoms with Gasteiger partial charge in [-0.15, -0.1) is 0 Å². The van der Waals surface area contributed by atoms with Crippen LogP contribution >= 0.6 is 7.36 Å². The highest BCUT2D eigenvalue weighted by atomic mass is 32.4. The third kappa shape index (κ3) is 6.90. The van der Waals surface area contributed by atoms with E-state index in [9.17, 15) is 27.9 Å². The lowest BCUT2D eigenvalue weighted by Gasteiger charge is -2.48. The normalized spacial score (nSPS) is 12.8. The van der Waals surface area contributed by atoms with Crippen molar-refractivity contribution >= 4 is 31.0 Å². The highest BCUT2D eigenvalue weighted by Gasteiger charge is 2.60. The van der Waals surface area contributed by atoms with Crippen molar-refractivity contribution in [3.63, 3.8) is 0 Å². The summed E-state index contributed by atoms with van der Waals surface area (Å²) in [7, 11) is -0.552. The van der Waals surface area contributed by atoms with Gasteiger partial charge in [-0.3, -0.25) is 14.5 Å². The van der Waals surface area contributed by atoms with Crippen molar-refractivity contribution in [3.8, 4) is 0 Å². The molecule has 0 saturated carbocycles. The first kappa shape index (κ1) is 27.2. The van der Waals surface area contributed by atoms with Gasteiger partial charge in [-0.05, 0) is 25.7 Å². The van der Waals surface area contributed by atoms with Gasteiger partial charge in [0.2, 0.25) is 7.36 Å². The monoisotopic (exact) mass is 446 g/mol. The van der Waals surface area contributed by atoms with Crippen LogP contribution in [-0.2, 0) is 21.4 Å². The maximum absolute atomic E-state index is 13.4. The number of aliphatic carboxylic acids is 1.